The second-order valence-corrected chi connectivity index (χ2v) is 6.42. The highest BCUT2D eigenvalue weighted by Gasteiger charge is 2.34. The first-order chi connectivity index (χ1) is 9.58. The maximum absolute atomic E-state index is 12.5. The summed E-state index contributed by atoms with van der Waals surface area (Å²) in [5.74, 6) is -0.0977. The van der Waals surface area contributed by atoms with Gasteiger partial charge in [0.2, 0.25) is 0 Å². The average Bonchev–Trinajstić information content (AvgIpc) is 3.00. The third-order valence-electron chi connectivity index (χ3n) is 3.75. The number of fused-ring (bicyclic) bond motifs is 1. The summed E-state index contributed by atoms with van der Waals surface area (Å²) in [5.41, 5.74) is 1.17. The molecule has 2 heterocycles. The molecule has 0 bridgehead atoms. The number of carbonyl (C=O) groups excluding carboxylic acids is 1. The molecule has 1 saturated heterocycles. The van der Waals surface area contributed by atoms with Gasteiger partial charge in [0.1, 0.15) is 0 Å². The number of carbonyl (C=O) groups is 1. The number of rotatable bonds is 2. The van der Waals surface area contributed by atoms with Gasteiger partial charge >= 0.3 is 0 Å². The molecule has 1 fully saturated rings. The molecule has 1 aliphatic rings. The zero-order valence-electron chi connectivity index (χ0n) is 11.2. The van der Waals surface area contributed by atoms with Crippen LogP contribution >= 0.6 is 11.3 Å². The van der Waals surface area contributed by atoms with E-state index in [1.54, 1.807) is 4.90 Å². The number of β-amino-alcohol motifs (C(OH)–C–C–N with tert-alkyl or cyclic N) is 1. The average molecular weight is 291 g/mol. The number of hydrogen-bond acceptors (Lipinski definition) is 4. The molecule has 0 saturated carbocycles. The van der Waals surface area contributed by atoms with Crippen molar-refractivity contribution in [2.45, 2.75) is 25.5 Å². The molecule has 2 N–H and O–H groups in total. The molecular formula is C15H17NO3S. The summed E-state index contributed by atoms with van der Waals surface area (Å²) in [6.45, 7) is 2.22. The fourth-order valence-corrected chi connectivity index (χ4v) is 3.72. The topological polar surface area (TPSA) is 60.8 Å². The van der Waals surface area contributed by atoms with Crippen molar-refractivity contribution in [2.24, 2.45) is 0 Å². The standard InChI is InChI=1S/C15H17NO3S/c1-9-2-3-13-10(4-9)5-14(20-13)15(19)16-7-12(18)6-11(16)8-17/h2-5,11-12,17-18H,6-8H2,1H3/t11-,12-/m0/s1. The van der Waals surface area contributed by atoms with Gasteiger partial charge in [0.25, 0.3) is 5.91 Å². The number of hydrogen-bond donors (Lipinski definition) is 2. The Morgan fingerprint density at radius 2 is 2.25 bits per heavy atom. The van der Waals surface area contributed by atoms with Crippen molar-refractivity contribution in [3.05, 3.63) is 34.7 Å². The van der Waals surface area contributed by atoms with Crippen LogP contribution in [0.3, 0.4) is 0 Å². The summed E-state index contributed by atoms with van der Waals surface area (Å²) in [5, 5.41) is 20.1. The van der Waals surface area contributed by atoms with E-state index >= 15 is 0 Å². The number of amides is 1. The van der Waals surface area contributed by atoms with Crippen LogP contribution in [0.1, 0.15) is 21.7 Å². The van der Waals surface area contributed by atoms with Gasteiger partial charge in [0.05, 0.1) is 23.6 Å². The molecule has 0 unspecified atom stereocenters. The number of aryl methyl sites for hydroxylation is 1. The maximum Gasteiger partial charge on any atom is 0.264 e. The highest BCUT2D eigenvalue weighted by molar-refractivity contribution is 7.20. The highest BCUT2D eigenvalue weighted by atomic mass is 32.1. The molecule has 1 aliphatic heterocycles. The third-order valence-corrected chi connectivity index (χ3v) is 4.85. The van der Waals surface area contributed by atoms with E-state index in [9.17, 15) is 15.0 Å². The van der Waals surface area contributed by atoms with Gasteiger partial charge in [-0.2, -0.15) is 0 Å². The quantitative estimate of drug-likeness (QED) is 0.886. The first-order valence-corrected chi connectivity index (χ1v) is 7.50. The molecule has 0 aliphatic carbocycles. The van der Waals surface area contributed by atoms with Crippen LogP contribution in [0.2, 0.25) is 0 Å². The predicted molar refractivity (Wildman–Crippen MR) is 79.1 cm³/mol. The molecule has 0 radical (unpaired) electrons. The van der Waals surface area contributed by atoms with Gasteiger partial charge in [-0.15, -0.1) is 11.3 Å². The predicted octanol–water partition coefficient (Wildman–Crippen LogP) is 1.78. The van der Waals surface area contributed by atoms with E-state index in [-0.39, 0.29) is 18.6 Å². The lowest BCUT2D eigenvalue weighted by Gasteiger charge is -2.21. The van der Waals surface area contributed by atoms with Crippen LogP contribution < -0.4 is 0 Å². The Morgan fingerprint density at radius 1 is 1.45 bits per heavy atom. The van der Waals surface area contributed by atoms with Crippen LogP contribution in [0.5, 0.6) is 0 Å². The van der Waals surface area contributed by atoms with Gasteiger partial charge in [-0.3, -0.25) is 4.79 Å². The lowest BCUT2D eigenvalue weighted by atomic mass is 10.2. The Bertz CT molecular complexity index is 652. The summed E-state index contributed by atoms with van der Waals surface area (Å²) in [6.07, 6.45) is -0.0839. The summed E-state index contributed by atoms with van der Waals surface area (Å²) in [7, 11) is 0. The van der Waals surface area contributed by atoms with E-state index < -0.39 is 6.10 Å². The monoisotopic (exact) mass is 291 g/mol. The second kappa shape index (κ2) is 5.16. The minimum Gasteiger partial charge on any atom is -0.394 e. The van der Waals surface area contributed by atoms with E-state index in [1.165, 1.54) is 16.9 Å². The number of thiophene rings is 1. The van der Waals surface area contributed by atoms with Gasteiger partial charge < -0.3 is 15.1 Å². The van der Waals surface area contributed by atoms with Crippen molar-refractivity contribution in [3.63, 3.8) is 0 Å². The summed E-state index contributed by atoms with van der Waals surface area (Å²) >= 11 is 1.46. The summed E-state index contributed by atoms with van der Waals surface area (Å²) in [6, 6.07) is 7.74. The SMILES string of the molecule is Cc1ccc2sc(C(=O)N3C[C@@H](O)C[C@H]3CO)cc2c1. The molecule has 1 amide bonds. The first-order valence-electron chi connectivity index (χ1n) is 6.68. The Hall–Kier alpha value is -1.43. The van der Waals surface area contributed by atoms with Crippen LogP contribution in [-0.2, 0) is 0 Å². The van der Waals surface area contributed by atoms with Gasteiger partial charge in [-0.05, 0) is 30.9 Å². The van der Waals surface area contributed by atoms with E-state index in [4.69, 9.17) is 0 Å². The Balaban J connectivity index is 1.92. The zero-order valence-corrected chi connectivity index (χ0v) is 12.1. The van der Waals surface area contributed by atoms with E-state index in [2.05, 4.69) is 6.07 Å². The lowest BCUT2D eigenvalue weighted by molar-refractivity contribution is 0.0670. The number of nitrogens with zero attached hydrogens (tertiary/aromatic N) is 1. The van der Waals surface area contributed by atoms with Gasteiger partial charge in [0.15, 0.2) is 0 Å². The van der Waals surface area contributed by atoms with Crippen LogP contribution in [0, 0.1) is 6.92 Å². The van der Waals surface area contributed by atoms with E-state index in [0.717, 1.165) is 10.1 Å². The normalized spacial score (nSPS) is 22.6. The van der Waals surface area contributed by atoms with Crippen LogP contribution in [0.4, 0.5) is 0 Å². The van der Waals surface area contributed by atoms with Crippen LogP contribution in [-0.4, -0.2) is 46.3 Å². The molecule has 4 nitrogen and oxygen atoms in total. The van der Waals surface area contributed by atoms with Crippen molar-refractivity contribution in [1.82, 2.24) is 4.90 Å². The highest BCUT2D eigenvalue weighted by Crippen LogP contribution is 2.29. The number of benzene rings is 1. The molecule has 106 valence electrons. The van der Waals surface area contributed by atoms with Crippen LogP contribution in [0.15, 0.2) is 24.3 Å². The molecule has 0 spiro atoms. The molecule has 1 aromatic heterocycles. The number of likely N-dealkylation sites (tertiary alicyclic amines) is 1. The molecule has 20 heavy (non-hydrogen) atoms. The van der Waals surface area contributed by atoms with Gasteiger partial charge in [0, 0.05) is 11.2 Å². The van der Waals surface area contributed by atoms with E-state index in [1.807, 2.05) is 25.1 Å². The first kappa shape index (κ1) is 13.5. The smallest absolute Gasteiger partial charge is 0.264 e. The van der Waals surface area contributed by atoms with Crippen molar-refractivity contribution in [3.8, 4) is 0 Å². The zero-order chi connectivity index (χ0) is 14.3. The lowest BCUT2D eigenvalue weighted by Crippen LogP contribution is -2.37. The van der Waals surface area contributed by atoms with Gasteiger partial charge in [-0.1, -0.05) is 17.7 Å². The van der Waals surface area contributed by atoms with Gasteiger partial charge in [-0.25, -0.2) is 0 Å². The molecule has 1 aromatic carbocycles. The molecule has 2 atom stereocenters. The van der Waals surface area contributed by atoms with Crippen molar-refractivity contribution in [1.29, 1.82) is 0 Å². The maximum atomic E-state index is 12.5. The molecular weight excluding hydrogens is 274 g/mol. The minimum absolute atomic E-state index is 0.0977. The van der Waals surface area contributed by atoms with Crippen LogP contribution in [0.25, 0.3) is 10.1 Å². The van der Waals surface area contributed by atoms with E-state index in [0.29, 0.717) is 17.8 Å². The summed E-state index contributed by atoms with van der Waals surface area (Å²) in [4.78, 5) is 14.8. The Morgan fingerprint density at radius 3 is 3.00 bits per heavy atom. The Labute approximate surface area is 121 Å². The molecule has 5 heteroatoms. The second-order valence-electron chi connectivity index (χ2n) is 5.34. The fraction of sp³-hybridized carbons (Fsp3) is 0.400. The largest absolute Gasteiger partial charge is 0.394 e. The number of aliphatic hydroxyl groups excluding tert-OH is 2. The molecule has 2 aromatic rings. The van der Waals surface area contributed by atoms with Crippen molar-refractivity contribution < 1.29 is 15.0 Å². The van der Waals surface area contributed by atoms with Crippen molar-refractivity contribution in [2.75, 3.05) is 13.2 Å². The third kappa shape index (κ3) is 2.32. The number of aliphatic hydroxyl groups is 2. The molecule has 3 rings (SSSR count). The summed E-state index contributed by atoms with van der Waals surface area (Å²) < 4.78 is 1.08. The minimum atomic E-state index is -0.535. The fourth-order valence-electron chi connectivity index (χ4n) is 2.72. The Kier molecular flexibility index (Phi) is 3.50. The van der Waals surface area contributed by atoms with Crippen molar-refractivity contribution >= 4 is 27.3 Å².